The fourth-order valence-corrected chi connectivity index (χ4v) is 1.79. The van der Waals surface area contributed by atoms with Gasteiger partial charge >= 0.3 is 0 Å². The van der Waals surface area contributed by atoms with Crippen LogP contribution < -0.4 is 4.74 Å². The van der Waals surface area contributed by atoms with Crippen molar-refractivity contribution >= 4 is 15.9 Å². The maximum atomic E-state index is 5.67. The predicted octanol–water partition coefficient (Wildman–Crippen LogP) is 3.42. The van der Waals surface area contributed by atoms with Crippen LogP contribution in [0.5, 0.6) is 5.75 Å². The van der Waals surface area contributed by atoms with E-state index in [2.05, 4.69) is 32.8 Å². The van der Waals surface area contributed by atoms with Gasteiger partial charge in [-0.2, -0.15) is 0 Å². The SMILES string of the molecule is CC(COc1cncc(Br)c1)c1ccccn1. The summed E-state index contributed by atoms with van der Waals surface area (Å²) in [6.45, 7) is 2.68. The van der Waals surface area contributed by atoms with Gasteiger partial charge in [-0.05, 0) is 34.1 Å². The molecule has 0 aliphatic rings. The summed E-state index contributed by atoms with van der Waals surface area (Å²) in [5.74, 6) is 1.03. The Balaban J connectivity index is 1.95. The molecule has 0 saturated heterocycles. The minimum atomic E-state index is 0.259. The maximum absolute atomic E-state index is 5.67. The van der Waals surface area contributed by atoms with Gasteiger partial charge in [0.15, 0.2) is 0 Å². The molecular formula is C13H13BrN2O. The van der Waals surface area contributed by atoms with E-state index >= 15 is 0 Å². The third kappa shape index (κ3) is 3.53. The van der Waals surface area contributed by atoms with Crippen molar-refractivity contribution in [2.45, 2.75) is 12.8 Å². The van der Waals surface area contributed by atoms with Crippen molar-refractivity contribution < 1.29 is 4.74 Å². The predicted molar refractivity (Wildman–Crippen MR) is 70.1 cm³/mol. The van der Waals surface area contributed by atoms with Crippen LogP contribution in [0.1, 0.15) is 18.5 Å². The molecule has 0 bridgehead atoms. The average Bonchev–Trinajstić information content (AvgIpc) is 2.37. The summed E-state index contributed by atoms with van der Waals surface area (Å²) in [6, 6.07) is 7.81. The molecule has 4 heteroatoms. The number of pyridine rings is 2. The molecule has 1 unspecified atom stereocenters. The van der Waals surface area contributed by atoms with E-state index in [-0.39, 0.29) is 5.92 Å². The molecule has 3 nitrogen and oxygen atoms in total. The Morgan fingerprint density at radius 1 is 1.35 bits per heavy atom. The summed E-state index contributed by atoms with van der Waals surface area (Å²) in [6.07, 6.45) is 5.23. The molecule has 2 heterocycles. The van der Waals surface area contributed by atoms with Crippen molar-refractivity contribution in [3.63, 3.8) is 0 Å². The lowest BCUT2D eigenvalue weighted by atomic mass is 10.1. The molecule has 0 aromatic carbocycles. The largest absolute Gasteiger partial charge is 0.491 e. The Bertz CT molecular complexity index is 476. The Morgan fingerprint density at radius 2 is 2.24 bits per heavy atom. The van der Waals surface area contributed by atoms with Crippen molar-refractivity contribution in [1.82, 2.24) is 9.97 Å². The average molecular weight is 293 g/mol. The number of rotatable bonds is 4. The van der Waals surface area contributed by atoms with Crippen LogP contribution in [0.3, 0.4) is 0 Å². The highest BCUT2D eigenvalue weighted by Crippen LogP contribution is 2.18. The Morgan fingerprint density at radius 3 is 2.94 bits per heavy atom. The molecule has 88 valence electrons. The first kappa shape index (κ1) is 12.0. The van der Waals surface area contributed by atoms with Gasteiger partial charge in [-0.25, -0.2) is 0 Å². The minimum Gasteiger partial charge on any atom is -0.491 e. The monoisotopic (exact) mass is 292 g/mol. The summed E-state index contributed by atoms with van der Waals surface area (Å²) < 4.78 is 6.59. The van der Waals surface area contributed by atoms with Gasteiger partial charge in [0.1, 0.15) is 5.75 Å². The fraction of sp³-hybridized carbons (Fsp3) is 0.231. The number of ether oxygens (including phenoxy) is 1. The van der Waals surface area contributed by atoms with Gasteiger partial charge in [-0.3, -0.25) is 9.97 Å². The number of aromatic nitrogens is 2. The first-order valence-electron chi connectivity index (χ1n) is 5.40. The quantitative estimate of drug-likeness (QED) is 0.866. The van der Waals surface area contributed by atoms with Crippen molar-refractivity contribution in [1.29, 1.82) is 0 Å². The minimum absolute atomic E-state index is 0.259. The number of hydrogen-bond donors (Lipinski definition) is 0. The normalized spacial score (nSPS) is 12.1. The van der Waals surface area contributed by atoms with Crippen LogP contribution >= 0.6 is 15.9 Å². The zero-order valence-electron chi connectivity index (χ0n) is 9.51. The highest BCUT2D eigenvalue weighted by molar-refractivity contribution is 9.10. The summed E-state index contributed by atoms with van der Waals surface area (Å²) in [5, 5.41) is 0. The van der Waals surface area contributed by atoms with E-state index in [1.807, 2.05) is 24.3 Å². The highest BCUT2D eigenvalue weighted by atomic mass is 79.9. The Hall–Kier alpha value is -1.42. The lowest BCUT2D eigenvalue weighted by Crippen LogP contribution is -2.08. The first-order valence-corrected chi connectivity index (χ1v) is 6.19. The second-order valence-electron chi connectivity index (χ2n) is 3.81. The van der Waals surface area contributed by atoms with Crippen molar-refractivity contribution in [3.8, 4) is 5.75 Å². The zero-order chi connectivity index (χ0) is 12.1. The van der Waals surface area contributed by atoms with E-state index in [0.29, 0.717) is 6.61 Å². The summed E-state index contributed by atoms with van der Waals surface area (Å²) in [7, 11) is 0. The van der Waals surface area contributed by atoms with E-state index in [0.717, 1.165) is 15.9 Å². The molecule has 0 N–H and O–H groups in total. The van der Waals surface area contributed by atoms with E-state index < -0.39 is 0 Å². The second-order valence-corrected chi connectivity index (χ2v) is 4.72. The van der Waals surface area contributed by atoms with E-state index in [1.165, 1.54) is 0 Å². The molecule has 2 aromatic rings. The zero-order valence-corrected chi connectivity index (χ0v) is 11.1. The van der Waals surface area contributed by atoms with Gasteiger partial charge in [0.2, 0.25) is 0 Å². The van der Waals surface area contributed by atoms with Crippen LogP contribution in [0, 0.1) is 0 Å². The van der Waals surface area contributed by atoms with Crippen LogP contribution in [-0.4, -0.2) is 16.6 Å². The van der Waals surface area contributed by atoms with Gasteiger partial charge in [0.05, 0.1) is 12.8 Å². The first-order chi connectivity index (χ1) is 8.25. The molecule has 0 aliphatic carbocycles. The molecule has 0 spiro atoms. The van der Waals surface area contributed by atoms with Gasteiger partial charge in [-0.1, -0.05) is 13.0 Å². The van der Waals surface area contributed by atoms with Gasteiger partial charge < -0.3 is 4.74 Å². The molecule has 2 aromatic heterocycles. The van der Waals surface area contributed by atoms with Gasteiger partial charge in [0, 0.05) is 28.5 Å². The Kier molecular flexibility index (Phi) is 4.09. The van der Waals surface area contributed by atoms with E-state index in [1.54, 1.807) is 18.6 Å². The second kappa shape index (κ2) is 5.77. The van der Waals surface area contributed by atoms with E-state index in [9.17, 15) is 0 Å². The molecule has 0 radical (unpaired) electrons. The molecule has 0 saturated carbocycles. The molecule has 0 aliphatic heterocycles. The van der Waals surface area contributed by atoms with Crippen molar-refractivity contribution in [2.24, 2.45) is 0 Å². The summed E-state index contributed by atoms with van der Waals surface area (Å²) in [4.78, 5) is 8.35. The van der Waals surface area contributed by atoms with Crippen molar-refractivity contribution in [3.05, 3.63) is 53.0 Å². The molecule has 0 fully saturated rings. The number of nitrogens with zero attached hydrogens (tertiary/aromatic N) is 2. The highest BCUT2D eigenvalue weighted by Gasteiger charge is 2.07. The maximum Gasteiger partial charge on any atom is 0.138 e. The fourth-order valence-electron chi connectivity index (χ4n) is 1.45. The molecule has 1 atom stereocenters. The topological polar surface area (TPSA) is 35.0 Å². The van der Waals surface area contributed by atoms with Crippen LogP contribution in [0.4, 0.5) is 0 Å². The van der Waals surface area contributed by atoms with Gasteiger partial charge in [0.25, 0.3) is 0 Å². The molecule has 0 amide bonds. The van der Waals surface area contributed by atoms with Crippen LogP contribution in [0.15, 0.2) is 47.3 Å². The molecular weight excluding hydrogens is 280 g/mol. The molecule has 2 rings (SSSR count). The van der Waals surface area contributed by atoms with Crippen molar-refractivity contribution in [2.75, 3.05) is 6.61 Å². The summed E-state index contributed by atoms with van der Waals surface area (Å²) in [5.41, 5.74) is 1.04. The Labute approximate surface area is 109 Å². The van der Waals surface area contributed by atoms with Crippen LogP contribution in [-0.2, 0) is 0 Å². The van der Waals surface area contributed by atoms with E-state index in [4.69, 9.17) is 4.74 Å². The number of halogens is 1. The third-order valence-corrected chi connectivity index (χ3v) is 2.81. The third-order valence-electron chi connectivity index (χ3n) is 2.37. The molecule has 17 heavy (non-hydrogen) atoms. The smallest absolute Gasteiger partial charge is 0.138 e. The lowest BCUT2D eigenvalue weighted by Gasteiger charge is -2.12. The number of hydrogen-bond acceptors (Lipinski definition) is 3. The standard InChI is InChI=1S/C13H13BrN2O/c1-10(13-4-2-3-5-16-13)9-17-12-6-11(14)7-15-8-12/h2-8,10H,9H2,1H3. The van der Waals surface area contributed by atoms with Gasteiger partial charge in [-0.15, -0.1) is 0 Å². The summed E-state index contributed by atoms with van der Waals surface area (Å²) >= 11 is 3.36. The van der Waals surface area contributed by atoms with Crippen LogP contribution in [0.2, 0.25) is 0 Å². The van der Waals surface area contributed by atoms with Crippen LogP contribution in [0.25, 0.3) is 0 Å². The lowest BCUT2D eigenvalue weighted by molar-refractivity contribution is 0.292.